The van der Waals surface area contributed by atoms with Gasteiger partial charge in [-0.1, -0.05) is 24.3 Å². The molecule has 9 heteroatoms. The van der Waals surface area contributed by atoms with Crippen LogP contribution < -0.4 is 4.74 Å². The molecule has 8 nitrogen and oxygen atoms in total. The summed E-state index contributed by atoms with van der Waals surface area (Å²) >= 11 is 1.42. The third-order valence-electron chi connectivity index (χ3n) is 6.50. The summed E-state index contributed by atoms with van der Waals surface area (Å²) in [6.45, 7) is 4.11. The van der Waals surface area contributed by atoms with Crippen molar-refractivity contribution in [3.8, 4) is 5.75 Å². The van der Waals surface area contributed by atoms with Crippen LogP contribution in [0.5, 0.6) is 5.75 Å². The van der Waals surface area contributed by atoms with Gasteiger partial charge in [0.25, 0.3) is 0 Å². The number of amides is 1. The maximum absolute atomic E-state index is 13.1. The monoisotopic (exact) mass is 467 g/mol. The molecule has 0 spiro atoms. The number of ether oxygens (including phenoxy) is 1. The number of aliphatic carboxylic acids is 1. The topological polar surface area (TPSA) is 105 Å². The fourth-order valence-corrected chi connectivity index (χ4v) is 6.61. The number of hydrogen-bond donors (Lipinski definition) is 2. The molecule has 0 saturated carbocycles. The standard InChI is InChI=1S/C24H25N3O5S/c1-24(2)19(23(30)31)27-21(29)17(22(27)33-24)18(28)20-25-15-6-4-5-7-16(15)26(20)12-13-8-10-14(32-3)11-9-13/h4-11,17-19,22,28H,12H2,1-3H3,(H,30,31)/t17-,18+,19+,22-/m1/s1. The summed E-state index contributed by atoms with van der Waals surface area (Å²) in [5.74, 6) is -0.958. The number of aromatic nitrogens is 2. The van der Waals surface area contributed by atoms with Crippen LogP contribution in [0.15, 0.2) is 48.5 Å². The number of fused-ring (bicyclic) bond motifs is 2. The third-order valence-corrected chi connectivity index (χ3v) is 8.10. The van der Waals surface area contributed by atoms with Crippen molar-refractivity contribution in [3.63, 3.8) is 0 Å². The molecule has 2 aliphatic rings. The molecule has 2 aromatic carbocycles. The van der Waals surface area contributed by atoms with Crippen molar-refractivity contribution in [2.24, 2.45) is 5.92 Å². The van der Waals surface area contributed by atoms with Crippen LogP contribution in [0.4, 0.5) is 0 Å². The van der Waals surface area contributed by atoms with Gasteiger partial charge in [-0.05, 0) is 43.7 Å². The van der Waals surface area contributed by atoms with E-state index in [1.807, 2.05) is 66.9 Å². The van der Waals surface area contributed by atoms with Crippen molar-refractivity contribution < 1.29 is 24.5 Å². The van der Waals surface area contributed by atoms with Crippen LogP contribution in [0.2, 0.25) is 0 Å². The minimum atomic E-state index is -1.15. The molecule has 0 unspecified atom stereocenters. The van der Waals surface area contributed by atoms with Gasteiger partial charge in [0, 0.05) is 11.3 Å². The summed E-state index contributed by atoms with van der Waals surface area (Å²) in [6, 6.07) is 14.3. The molecule has 2 aliphatic heterocycles. The molecular formula is C24H25N3O5S. The van der Waals surface area contributed by atoms with Gasteiger partial charge in [0.2, 0.25) is 5.91 Å². The van der Waals surface area contributed by atoms with Crippen LogP contribution in [0, 0.1) is 5.92 Å². The van der Waals surface area contributed by atoms with Gasteiger partial charge in [-0.15, -0.1) is 11.8 Å². The predicted molar refractivity (Wildman–Crippen MR) is 124 cm³/mol. The van der Waals surface area contributed by atoms with E-state index in [-0.39, 0.29) is 5.91 Å². The first kappa shape index (κ1) is 21.8. The van der Waals surface area contributed by atoms with Crippen molar-refractivity contribution in [2.75, 3.05) is 7.11 Å². The Bertz CT molecular complexity index is 1240. The number of benzene rings is 2. The lowest BCUT2D eigenvalue weighted by molar-refractivity contribution is -0.169. The molecule has 33 heavy (non-hydrogen) atoms. The summed E-state index contributed by atoms with van der Waals surface area (Å²) in [5.41, 5.74) is 2.58. The Labute approximate surface area is 195 Å². The van der Waals surface area contributed by atoms with Gasteiger partial charge in [0.05, 0.1) is 23.5 Å². The zero-order chi connectivity index (χ0) is 23.5. The molecule has 0 radical (unpaired) electrons. The van der Waals surface area contributed by atoms with E-state index >= 15 is 0 Å². The fourth-order valence-electron chi connectivity index (χ4n) is 4.89. The van der Waals surface area contributed by atoms with Crippen molar-refractivity contribution in [1.29, 1.82) is 0 Å². The highest BCUT2D eigenvalue weighted by Crippen LogP contribution is 2.56. The number of hydrogen-bond acceptors (Lipinski definition) is 6. The van der Waals surface area contributed by atoms with Crippen LogP contribution in [-0.2, 0) is 16.1 Å². The maximum atomic E-state index is 13.1. The van der Waals surface area contributed by atoms with Crippen molar-refractivity contribution >= 4 is 34.7 Å². The summed E-state index contributed by atoms with van der Waals surface area (Å²) in [4.78, 5) is 31.0. The SMILES string of the molecule is COc1ccc(Cn2c([C@@H](O)[C@@H]3C(=O)N4[C@@H]3SC(C)(C)[C@@H]4C(=O)O)nc3ccccc32)cc1. The molecule has 2 fully saturated rings. The highest BCUT2D eigenvalue weighted by molar-refractivity contribution is 8.01. The molecule has 5 rings (SSSR count). The number of aliphatic hydroxyl groups is 1. The number of β-lactam (4-membered cyclic amide) rings is 1. The Morgan fingerprint density at radius 2 is 1.91 bits per heavy atom. The van der Waals surface area contributed by atoms with Crippen molar-refractivity contribution in [3.05, 3.63) is 59.9 Å². The Morgan fingerprint density at radius 3 is 2.58 bits per heavy atom. The average molecular weight is 468 g/mol. The number of nitrogens with zero attached hydrogens (tertiary/aromatic N) is 3. The Hall–Kier alpha value is -3.04. The van der Waals surface area contributed by atoms with E-state index < -0.39 is 34.2 Å². The van der Waals surface area contributed by atoms with Gasteiger partial charge < -0.3 is 24.4 Å². The molecule has 2 saturated heterocycles. The Morgan fingerprint density at radius 1 is 1.21 bits per heavy atom. The molecule has 3 heterocycles. The molecule has 0 aliphatic carbocycles. The minimum Gasteiger partial charge on any atom is -0.497 e. The smallest absolute Gasteiger partial charge is 0.327 e. The third kappa shape index (κ3) is 3.38. The van der Waals surface area contributed by atoms with Crippen LogP contribution in [0.1, 0.15) is 31.3 Å². The zero-order valence-electron chi connectivity index (χ0n) is 18.5. The van der Waals surface area contributed by atoms with Crippen LogP contribution in [0.3, 0.4) is 0 Å². The van der Waals surface area contributed by atoms with E-state index in [0.29, 0.717) is 12.4 Å². The van der Waals surface area contributed by atoms with E-state index in [0.717, 1.165) is 22.3 Å². The number of methoxy groups -OCH3 is 1. The van der Waals surface area contributed by atoms with Gasteiger partial charge in [-0.3, -0.25) is 4.79 Å². The second kappa shape index (κ2) is 7.78. The number of thioether (sulfide) groups is 1. The molecule has 0 bridgehead atoms. The predicted octanol–water partition coefficient (Wildman–Crippen LogP) is 2.89. The molecule has 2 N–H and O–H groups in total. The second-order valence-electron chi connectivity index (χ2n) is 8.96. The van der Waals surface area contributed by atoms with Gasteiger partial charge in [0.1, 0.15) is 29.6 Å². The summed E-state index contributed by atoms with van der Waals surface area (Å²) in [6.07, 6.45) is -1.15. The number of carboxylic acids is 1. The molecule has 1 amide bonds. The quantitative estimate of drug-likeness (QED) is 0.537. The zero-order valence-corrected chi connectivity index (χ0v) is 19.3. The Kier molecular flexibility index (Phi) is 5.13. The summed E-state index contributed by atoms with van der Waals surface area (Å²) in [7, 11) is 1.61. The lowest BCUT2D eigenvalue weighted by Crippen LogP contribution is -2.64. The van der Waals surface area contributed by atoms with E-state index in [9.17, 15) is 19.8 Å². The number of carbonyl (C=O) groups is 2. The fraction of sp³-hybridized carbons (Fsp3) is 0.375. The number of aliphatic hydroxyl groups excluding tert-OH is 1. The van der Waals surface area contributed by atoms with E-state index in [2.05, 4.69) is 4.98 Å². The van der Waals surface area contributed by atoms with Crippen molar-refractivity contribution in [2.45, 2.75) is 42.7 Å². The molecular weight excluding hydrogens is 442 g/mol. The first-order valence-electron chi connectivity index (χ1n) is 10.7. The minimum absolute atomic E-state index is 0.346. The number of para-hydroxylation sites is 2. The Balaban J connectivity index is 1.50. The van der Waals surface area contributed by atoms with E-state index in [1.54, 1.807) is 7.11 Å². The number of carboxylic acid groups (broad SMARTS) is 1. The van der Waals surface area contributed by atoms with E-state index in [1.165, 1.54) is 16.7 Å². The number of imidazole rings is 1. The van der Waals surface area contributed by atoms with Crippen LogP contribution in [0.25, 0.3) is 11.0 Å². The van der Waals surface area contributed by atoms with Crippen LogP contribution >= 0.6 is 11.8 Å². The largest absolute Gasteiger partial charge is 0.497 e. The highest BCUT2D eigenvalue weighted by atomic mass is 32.2. The van der Waals surface area contributed by atoms with Gasteiger partial charge >= 0.3 is 5.97 Å². The molecule has 1 aromatic heterocycles. The maximum Gasteiger partial charge on any atom is 0.327 e. The molecule has 172 valence electrons. The normalized spacial score (nSPS) is 24.4. The number of carbonyl (C=O) groups excluding carboxylic acids is 1. The highest BCUT2D eigenvalue weighted by Gasteiger charge is 2.65. The van der Waals surface area contributed by atoms with Gasteiger partial charge in [0.15, 0.2) is 0 Å². The lowest BCUT2D eigenvalue weighted by Gasteiger charge is -2.45. The van der Waals surface area contributed by atoms with E-state index in [4.69, 9.17) is 4.74 Å². The number of rotatable bonds is 6. The van der Waals surface area contributed by atoms with Gasteiger partial charge in [-0.25, -0.2) is 9.78 Å². The average Bonchev–Trinajstić information content (AvgIpc) is 3.27. The first-order valence-corrected chi connectivity index (χ1v) is 11.6. The molecule has 3 aromatic rings. The molecule has 4 atom stereocenters. The first-order chi connectivity index (χ1) is 15.7. The second-order valence-corrected chi connectivity index (χ2v) is 10.7. The summed E-state index contributed by atoms with van der Waals surface area (Å²) < 4.78 is 6.52. The van der Waals surface area contributed by atoms with Crippen molar-refractivity contribution in [1.82, 2.24) is 14.5 Å². The summed E-state index contributed by atoms with van der Waals surface area (Å²) in [5, 5.41) is 20.7. The lowest BCUT2D eigenvalue weighted by atomic mass is 9.87. The van der Waals surface area contributed by atoms with Crippen LogP contribution in [-0.4, -0.2) is 59.8 Å². The van der Waals surface area contributed by atoms with Gasteiger partial charge in [-0.2, -0.15) is 0 Å².